The van der Waals surface area contributed by atoms with Crippen LogP contribution in [0, 0.1) is 127 Å². The van der Waals surface area contributed by atoms with E-state index in [1.54, 1.807) is 0 Å². The molecule has 800 valence electrons. The van der Waals surface area contributed by atoms with Crippen LogP contribution in [0.1, 0.15) is 319 Å². The van der Waals surface area contributed by atoms with Gasteiger partial charge in [-0.25, -0.2) is 0 Å². The van der Waals surface area contributed by atoms with Crippen molar-refractivity contribution in [3.63, 3.8) is 0 Å². The summed E-state index contributed by atoms with van der Waals surface area (Å²) in [6, 6.07) is 1.96. The van der Waals surface area contributed by atoms with Gasteiger partial charge in [-0.3, -0.25) is 77.1 Å². The zero-order chi connectivity index (χ0) is 105. The SMILES string of the molecule is CCN1CCC[C@@H]1CN(C)C(=O)[C@@H]1CCCC[C@@H]1C(=O)C(C)(C)C.CCN1CCC[C@@H]1CN(C)C(=O)[C@H]1CCCC[C@H]1C(=O)C(C)(C)C.CCN1CCC[C@H]1CN(C)C(=O)[C@@H]1CCCC[C@@H]1C(=O)C(C)(C)C.CCN1CCC[C@H]1CN(C)C(=O)[C@H]1CCCC[C@H]1C(=O)C(C)(C)C.CN(C)CCN(C)C(=O)[C@@H]1C2C=CC(C2)[C@@H]1C(=O)C(C)(C)C.CN(C)CCN(C)C(=O)[C@H]1C2C=CC(C2)[C@H]1C(=O)C(C)(C)C. The van der Waals surface area contributed by atoms with Crippen molar-refractivity contribution >= 4 is 70.1 Å². The molecule has 4 bridgehead atoms. The Hall–Kier alpha value is -5.92. The number of nitrogens with zero attached hydrogens (tertiary/aromatic N) is 12. The number of likely N-dealkylation sites (N-methyl/N-ethyl adjacent to an activating group) is 12. The standard InChI is InChI=1S/4C20H36N2O2.2C18H30N2O2/c4*1-6-22-13-9-10-15(22)14-21(5)19(24)17-12-8-7-11-16(17)18(23)20(2,3)4;2*1-18(2,3)16(21)14-12-7-8-13(11-12)15(14)17(22)20(6)10-9-19(4)5/h4*15-17H,6-14H2,1-5H3;2*7-8,12-15H,9-11H2,1-6H3/t2*15-,16+,17-;2*15-,16-,17+;2*12?,13?,14-,15+/m101010/s1. The molecular weight excluding hydrogens is 1750 g/mol. The fourth-order valence-corrected chi connectivity index (χ4v) is 25.5. The molecule has 4 unspecified atom stereocenters. The molecule has 4 saturated heterocycles. The fourth-order valence-electron chi connectivity index (χ4n) is 25.5. The van der Waals surface area contributed by atoms with E-state index in [2.05, 4.69) is 81.4 Å². The molecular formula is C116H204N12O12. The monoisotopic (exact) mass is 1960 g/mol. The Labute approximate surface area is 851 Å². The van der Waals surface area contributed by atoms with Gasteiger partial charge in [0.1, 0.15) is 34.7 Å². The third kappa shape index (κ3) is 33.0. The molecule has 0 radical (unpaired) electrons. The van der Waals surface area contributed by atoms with Crippen molar-refractivity contribution in [3.8, 4) is 0 Å². The Morgan fingerprint density at radius 1 is 0.229 bits per heavy atom. The third-order valence-electron chi connectivity index (χ3n) is 33.8. The molecule has 12 aliphatic rings. The molecule has 20 atom stereocenters. The number of carbonyl (C=O) groups is 12. The zero-order valence-electron chi connectivity index (χ0n) is 94.8. The maximum Gasteiger partial charge on any atom is 0.226 e. The predicted octanol–water partition coefficient (Wildman–Crippen LogP) is 17.5. The van der Waals surface area contributed by atoms with Crippen LogP contribution in [0.3, 0.4) is 0 Å². The molecule has 6 saturated carbocycles. The summed E-state index contributed by atoms with van der Waals surface area (Å²) in [7, 11) is 19.5. The van der Waals surface area contributed by atoms with E-state index in [-0.39, 0.29) is 197 Å². The van der Waals surface area contributed by atoms with Crippen LogP contribution in [-0.2, 0) is 57.5 Å². The molecule has 4 aliphatic heterocycles. The lowest BCUT2D eigenvalue weighted by Crippen LogP contribution is -2.47. The third-order valence-corrected chi connectivity index (χ3v) is 33.8. The van der Waals surface area contributed by atoms with Crippen LogP contribution >= 0.6 is 0 Å². The zero-order valence-corrected chi connectivity index (χ0v) is 94.8. The molecule has 6 amide bonds. The molecule has 0 aromatic carbocycles. The first-order valence-corrected chi connectivity index (χ1v) is 55.6. The summed E-state index contributed by atoms with van der Waals surface area (Å²) >= 11 is 0. The van der Waals surface area contributed by atoms with Crippen molar-refractivity contribution in [1.82, 2.24) is 58.8 Å². The number of rotatable bonds is 30. The molecule has 0 spiro atoms. The minimum absolute atomic E-state index is 0.0837. The number of carbonyl (C=O) groups excluding carboxylic acids is 12. The number of Topliss-reactive ketones (excluding diaryl/α,β-unsaturated/α-hetero) is 6. The number of ketones is 6. The van der Waals surface area contributed by atoms with E-state index in [0.29, 0.717) is 37.3 Å². The maximum atomic E-state index is 13.1. The first-order chi connectivity index (χ1) is 65.3. The van der Waals surface area contributed by atoms with Crippen molar-refractivity contribution in [2.24, 2.45) is 127 Å². The molecule has 0 aromatic rings. The lowest BCUT2D eigenvalue weighted by molar-refractivity contribution is -0.145. The van der Waals surface area contributed by atoms with Crippen LogP contribution in [0.5, 0.6) is 0 Å². The second kappa shape index (κ2) is 53.6. The van der Waals surface area contributed by atoms with Gasteiger partial charge in [0.2, 0.25) is 35.4 Å². The van der Waals surface area contributed by atoms with Gasteiger partial charge < -0.3 is 39.2 Å². The van der Waals surface area contributed by atoms with E-state index in [4.69, 9.17) is 0 Å². The second-order valence-electron chi connectivity index (χ2n) is 51.4. The number of hydrogen-bond acceptors (Lipinski definition) is 18. The van der Waals surface area contributed by atoms with E-state index in [1.165, 1.54) is 51.4 Å². The van der Waals surface area contributed by atoms with Crippen LogP contribution < -0.4 is 0 Å². The maximum absolute atomic E-state index is 13.1. The highest BCUT2D eigenvalue weighted by molar-refractivity contribution is 5.97. The summed E-state index contributed by atoms with van der Waals surface area (Å²) in [4.78, 5) is 180. The summed E-state index contributed by atoms with van der Waals surface area (Å²) in [6.45, 7) is 59.4. The van der Waals surface area contributed by atoms with Crippen molar-refractivity contribution in [1.29, 1.82) is 0 Å². The fraction of sp³-hybridized carbons (Fsp3) is 0.862. The average Bonchev–Trinajstić information content (AvgIpc) is 1.60. The Balaban J connectivity index is 0.000000228. The minimum atomic E-state index is -0.385. The Kier molecular flexibility index (Phi) is 46.3. The van der Waals surface area contributed by atoms with Gasteiger partial charge in [0.25, 0.3) is 0 Å². The molecule has 0 aromatic heterocycles. The Bertz CT molecular complexity index is 3670. The van der Waals surface area contributed by atoms with E-state index < -0.39 is 0 Å². The van der Waals surface area contributed by atoms with E-state index in [9.17, 15) is 57.5 Å². The number of fused-ring (bicyclic) bond motifs is 4. The van der Waals surface area contributed by atoms with Gasteiger partial charge in [0, 0.05) is 210 Å². The smallest absolute Gasteiger partial charge is 0.226 e. The van der Waals surface area contributed by atoms with Crippen molar-refractivity contribution in [2.45, 2.75) is 343 Å². The Morgan fingerprint density at radius 2 is 0.414 bits per heavy atom. The second-order valence-corrected chi connectivity index (χ2v) is 51.4. The van der Waals surface area contributed by atoms with Crippen LogP contribution in [0.15, 0.2) is 24.3 Å². The normalized spacial score (nSPS) is 29.2. The number of allylic oxidation sites excluding steroid dienone is 4. The molecule has 140 heavy (non-hydrogen) atoms. The first kappa shape index (κ1) is 121. The summed E-state index contributed by atoms with van der Waals surface area (Å²) in [5.41, 5.74) is -2.20. The number of hydrogen-bond donors (Lipinski definition) is 0. The van der Waals surface area contributed by atoms with Gasteiger partial charge in [-0.2, -0.15) is 0 Å². The molecule has 24 heteroatoms. The van der Waals surface area contributed by atoms with Crippen LogP contribution in [0.2, 0.25) is 0 Å². The summed E-state index contributed by atoms with van der Waals surface area (Å²) in [5.74, 6) is 2.28. The number of amides is 6. The van der Waals surface area contributed by atoms with Crippen LogP contribution in [0.4, 0.5) is 0 Å². The molecule has 24 nitrogen and oxygen atoms in total. The van der Waals surface area contributed by atoms with Crippen LogP contribution in [0.25, 0.3) is 0 Å². The largest absolute Gasteiger partial charge is 0.344 e. The van der Waals surface area contributed by atoms with Crippen LogP contribution in [-0.4, -0.2) is 328 Å². The molecule has 10 fully saturated rings. The van der Waals surface area contributed by atoms with Crippen molar-refractivity contribution < 1.29 is 57.5 Å². The quantitative estimate of drug-likeness (QED) is 0.0607. The van der Waals surface area contributed by atoms with Gasteiger partial charge in [-0.1, -0.05) is 228 Å². The molecule has 8 aliphatic carbocycles. The van der Waals surface area contributed by atoms with Crippen molar-refractivity contribution in [3.05, 3.63) is 24.3 Å². The van der Waals surface area contributed by atoms with E-state index in [1.807, 2.05) is 225 Å². The lowest BCUT2D eigenvalue weighted by Gasteiger charge is -2.36. The van der Waals surface area contributed by atoms with Gasteiger partial charge in [0.15, 0.2) is 0 Å². The van der Waals surface area contributed by atoms with Gasteiger partial charge in [0.05, 0.1) is 11.8 Å². The lowest BCUT2D eigenvalue weighted by atomic mass is 9.70. The molecule has 4 heterocycles. The highest BCUT2D eigenvalue weighted by Gasteiger charge is 2.56. The minimum Gasteiger partial charge on any atom is -0.344 e. The van der Waals surface area contributed by atoms with E-state index >= 15 is 0 Å². The summed E-state index contributed by atoms with van der Waals surface area (Å²) in [5, 5.41) is 0. The van der Waals surface area contributed by atoms with E-state index in [0.717, 1.165) is 207 Å². The first-order valence-electron chi connectivity index (χ1n) is 55.6. The molecule has 12 rings (SSSR count). The topological polar surface area (TPSA) is 244 Å². The highest BCUT2D eigenvalue weighted by Crippen LogP contribution is 2.53. The Morgan fingerprint density at radius 3 is 0.593 bits per heavy atom. The average molecular weight is 1960 g/mol. The van der Waals surface area contributed by atoms with Crippen molar-refractivity contribution in [2.75, 3.05) is 175 Å². The molecule has 0 N–H and O–H groups in total. The summed E-state index contributed by atoms with van der Waals surface area (Å²) in [6.07, 6.45) is 35.8. The predicted molar refractivity (Wildman–Crippen MR) is 568 cm³/mol. The number of likely N-dealkylation sites (tertiary alicyclic amines) is 4. The van der Waals surface area contributed by atoms with Gasteiger partial charge in [-0.15, -0.1) is 0 Å². The van der Waals surface area contributed by atoms with Gasteiger partial charge >= 0.3 is 0 Å². The highest BCUT2D eigenvalue weighted by atomic mass is 16.2. The van der Waals surface area contributed by atoms with Gasteiger partial charge in [-0.05, 0) is 220 Å². The summed E-state index contributed by atoms with van der Waals surface area (Å²) < 4.78 is 0.